The molecule has 4 heteroatoms. The number of benzene rings is 1. The van der Waals surface area contributed by atoms with Crippen molar-refractivity contribution < 1.29 is 0 Å². The van der Waals surface area contributed by atoms with Crippen LogP contribution in [0.2, 0.25) is 0 Å². The van der Waals surface area contributed by atoms with E-state index in [1.165, 1.54) is 16.7 Å². The number of imidazole rings is 1. The quantitative estimate of drug-likeness (QED) is 0.639. The van der Waals surface area contributed by atoms with Crippen molar-refractivity contribution in [3.8, 4) is 0 Å². The zero-order chi connectivity index (χ0) is 13.1. The van der Waals surface area contributed by atoms with Crippen molar-refractivity contribution in [3.63, 3.8) is 0 Å². The van der Waals surface area contributed by atoms with Crippen LogP contribution in [0.3, 0.4) is 0 Å². The fraction of sp³-hybridized carbons (Fsp3) is 0.357. The highest BCUT2D eigenvalue weighted by atomic mass is 15.3. The van der Waals surface area contributed by atoms with E-state index in [2.05, 4.69) is 53.9 Å². The minimum atomic E-state index is -0.0684. The summed E-state index contributed by atoms with van der Waals surface area (Å²) >= 11 is 0. The summed E-state index contributed by atoms with van der Waals surface area (Å²) < 4.78 is 2.11. The third-order valence-corrected chi connectivity index (χ3v) is 3.34. The van der Waals surface area contributed by atoms with Crippen molar-refractivity contribution in [1.82, 2.24) is 15.0 Å². The Morgan fingerprint density at radius 2 is 2.00 bits per heavy atom. The van der Waals surface area contributed by atoms with E-state index in [9.17, 15) is 0 Å². The Labute approximate surface area is 108 Å². The largest absolute Gasteiger partial charge is 0.334 e. The molecule has 2 aromatic rings. The van der Waals surface area contributed by atoms with Gasteiger partial charge >= 0.3 is 0 Å². The van der Waals surface area contributed by atoms with Gasteiger partial charge in [-0.1, -0.05) is 18.2 Å². The first-order valence-corrected chi connectivity index (χ1v) is 6.22. The van der Waals surface area contributed by atoms with Gasteiger partial charge < -0.3 is 4.57 Å². The third-order valence-electron chi connectivity index (χ3n) is 3.34. The second-order valence-electron chi connectivity index (χ2n) is 4.48. The van der Waals surface area contributed by atoms with Crippen molar-refractivity contribution in [2.45, 2.75) is 33.4 Å². The molecule has 2 rings (SSSR count). The average molecular weight is 244 g/mol. The lowest BCUT2D eigenvalue weighted by molar-refractivity contribution is 0.557. The van der Waals surface area contributed by atoms with Crippen molar-refractivity contribution >= 4 is 0 Å². The first kappa shape index (κ1) is 12.8. The zero-order valence-corrected chi connectivity index (χ0v) is 11.1. The molecule has 1 aromatic heterocycles. The molecule has 0 bridgehead atoms. The summed E-state index contributed by atoms with van der Waals surface area (Å²) in [6.07, 6.45) is 3.80. The monoisotopic (exact) mass is 244 g/mol. The molecule has 0 saturated heterocycles. The van der Waals surface area contributed by atoms with Crippen LogP contribution in [0.1, 0.15) is 35.5 Å². The Hall–Kier alpha value is -1.65. The maximum atomic E-state index is 5.75. The molecule has 3 N–H and O–H groups in total. The van der Waals surface area contributed by atoms with Crippen LogP contribution in [-0.4, -0.2) is 9.55 Å². The topological polar surface area (TPSA) is 55.9 Å². The molecule has 1 aromatic carbocycles. The van der Waals surface area contributed by atoms with Crippen LogP contribution in [0, 0.1) is 13.8 Å². The molecule has 0 radical (unpaired) electrons. The SMILES string of the molecule is CCn1ccnc1C(NN)c1c(C)cccc1C. The predicted molar refractivity (Wildman–Crippen MR) is 73.0 cm³/mol. The fourth-order valence-electron chi connectivity index (χ4n) is 2.42. The van der Waals surface area contributed by atoms with Crippen LogP contribution < -0.4 is 11.3 Å². The van der Waals surface area contributed by atoms with Crippen molar-refractivity contribution in [3.05, 3.63) is 53.1 Å². The van der Waals surface area contributed by atoms with Gasteiger partial charge in [-0.2, -0.15) is 0 Å². The number of nitrogens with zero attached hydrogens (tertiary/aromatic N) is 2. The van der Waals surface area contributed by atoms with Crippen LogP contribution in [0.4, 0.5) is 0 Å². The molecule has 0 amide bonds. The van der Waals surface area contributed by atoms with Crippen LogP contribution >= 0.6 is 0 Å². The second kappa shape index (κ2) is 5.33. The van der Waals surface area contributed by atoms with Gasteiger partial charge in [-0.15, -0.1) is 0 Å². The van der Waals surface area contributed by atoms with Gasteiger partial charge in [-0.25, -0.2) is 10.4 Å². The summed E-state index contributed by atoms with van der Waals surface area (Å²) in [4.78, 5) is 4.44. The van der Waals surface area contributed by atoms with Crippen LogP contribution in [0.5, 0.6) is 0 Å². The summed E-state index contributed by atoms with van der Waals surface area (Å²) in [5.41, 5.74) is 6.55. The average Bonchev–Trinajstić information content (AvgIpc) is 2.82. The number of aromatic nitrogens is 2. The maximum absolute atomic E-state index is 5.75. The Morgan fingerprint density at radius 1 is 1.33 bits per heavy atom. The van der Waals surface area contributed by atoms with E-state index in [1.54, 1.807) is 0 Å². The lowest BCUT2D eigenvalue weighted by Crippen LogP contribution is -2.32. The molecule has 1 heterocycles. The Bertz CT molecular complexity index is 510. The van der Waals surface area contributed by atoms with E-state index in [-0.39, 0.29) is 6.04 Å². The van der Waals surface area contributed by atoms with Gasteiger partial charge in [0.1, 0.15) is 11.9 Å². The molecule has 96 valence electrons. The predicted octanol–water partition coefficient (Wildman–Crippen LogP) is 2.07. The molecule has 0 aliphatic carbocycles. The summed E-state index contributed by atoms with van der Waals surface area (Å²) in [6, 6.07) is 6.20. The standard InChI is InChI=1S/C14H20N4/c1-4-18-9-8-16-14(18)13(17-15)12-10(2)6-5-7-11(12)3/h5-9,13,17H,4,15H2,1-3H3. The zero-order valence-electron chi connectivity index (χ0n) is 11.1. The number of rotatable bonds is 4. The van der Waals surface area contributed by atoms with Gasteiger partial charge in [-0.05, 0) is 37.5 Å². The molecule has 4 nitrogen and oxygen atoms in total. The first-order valence-electron chi connectivity index (χ1n) is 6.22. The third kappa shape index (κ3) is 2.17. The van der Waals surface area contributed by atoms with E-state index in [0.29, 0.717) is 0 Å². The first-order chi connectivity index (χ1) is 8.69. The molecule has 0 aliphatic heterocycles. The number of nitrogens with one attached hydrogen (secondary N) is 1. The van der Waals surface area contributed by atoms with E-state index in [0.717, 1.165) is 12.4 Å². The minimum Gasteiger partial charge on any atom is -0.334 e. The summed E-state index contributed by atoms with van der Waals surface area (Å²) in [5.74, 6) is 6.71. The second-order valence-corrected chi connectivity index (χ2v) is 4.48. The summed E-state index contributed by atoms with van der Waals surface area (Å²) in [7, 11) is 0. The smallest absolute Gasteiger partial charge is 0.131 e. The van der Waals surface area contributed by atoms with E-state index in [1.807, 2.05) is 12.4 Å². The normalized spacial score (nSPS) is 12.7. The molecule has 0 saturated carbocycles. The highest BCUT2D eigenvalue weighted by molar-refractivity contribution is 5.39. The van der Waals surface area contributed by atoms with Crippen LogP contribution in [0.15, 0.2) is 30.6 Å². The van der Waals surface area contributed by atoms with Crippen LogP contribution in [0.25, 0.3) is 0 Å². The number of hydrazine groups is 1. The molecule has 0 spiro atoms. The van der Waals surface area contributed by atoms with E-state index >= 15 is 0 Å². The van der Waals surface area contributed by atoms with Crippen molar-refractivity contribution in [1.29, 1.82) is 0 Å². The Balaban J connectivity index is 2.52. The molecule has 1 unspecified atom stereocenters. The highest BCUT2D eigenvalue weighted by Gasteiger charge is 2.20. The lowest BCUT2D eigenvalue weighted by Gasteiger charge is -2.21. The molecule has 0 aliphatic rings. The highest BCUT2D eigenvalue weighted by Crippen LogP contribution is 2.26. The van der Waals surface area contributed by atoms with Gasteiger partial charge in [0.05, 0.1) is 0 Å². The number of hydrogen-bond donors (Lipinski definition) is 2. The Kier molecular flexibility index (Phi) is 3.79. The number of hydrogen-bond acceptors (Lipinski definition) is 3. The summed E-state index contributed by atoms with van der Waals surface area (Å²) in [6.45, 7) is 7.19. The molecule has 0 fully saturated rings. The molecular weight excluding hydrogens is 224 g/mol. The van der Waals surface area contributed by atoms with Crippen LogP contribution in [-0.2, 0) is 6.54 Å². The molecular formula is C14H20N4. The molecule has 18 heavy (non-hydrogen) atoms. The van der Waals surface area contributed by atoms with E-state index < -0.39 is 0 Å². The van der Waals surface area contributed by atoms with Crippen molar-refractivity contribution in [2.75, 3.05) is 0 Å². The fourth-order valence-corrected chi connectivity index (χ4v) is 2.42. The lowest BCUT2D eigenvalue weighted by atomic mass is 9.96. The maximum Gasteiger partial charge on any atom is 0.131 e. The van der Waals surface area contributed by atoms with Gasteiger partial charge in [0.2, 0.25) is 0 Å². The van der Waals surface area contributed by atoms with Gasteiger partial charge in [-0.3, -0.25) is 5.84 Å². The minimum absolute atomic E-state index is 0.0684. The number of aryl methyl sites for hydroxylation is 3. The molecule has 1 atom stereocenters. The van der Waals surface area contributed by atoms with Gasteiger partial charge in [0.15, 0.2) is 0 Å². The van der Waals surface area contributed by atoms with Gasteiger partial charge in [0, 0.05) is 18.9 Å². The van der Waals surface area contributed by atoms with E-state index in [4.69, 9.17) is 5.84 Å². The summed E-state index contributed by atoms with van der Waals surface area (Å²) in [5, 5.41) is 0. The number of nitrogens with two attached hydrogens (primary N) is 1. The van der Waals surface area contributed by atoms with Gasteiger partial charge in [0.25, 0.3) is 0 Å². The van der Waals surface area contributed by atoms with Crippen molar-refractivity contribution in [2.24, 2.45) is 5.84 Å². The Morgan fingerprint density at radius 3 is 2.56 bits per heavy atom.